The van der Waals surface area contributed by atoms with E-state index in [1.54, 1.807) is 11.0 Å². The number of nitrogens with zero attached hydrogens (tertiary/aromatic N) is 1. The Hall–Kier alpha value is -1.68. The zero-order chi connectivity index (χ0) is 13.3. The number of ketones is 1. The molecule has 0 atom stereocenters. The number of fused-ring (bicyclic) bond motifs is 1. The van der Waals surface area contributed by atoms with Gasteiger partial charge in [0.15, 0.2) is 0 Å². The third-order valence-corrected chi connectivity index (χ3v) is 3.46. The monoisotopic (exact) mass is 246 g/mol. The van der Waals surface area contributed by atoms with Crippen LogP contribution in [0.3, 0.4) is 0 Å². The molecule has 1 amide bonds. The topological polar surface area (TPSA) is 49.4 Å². The molecule has 1 aromatic carbocycles. The van der Waals surface area contributed by atoms with E-state index in [1.165, 1.54) is 0 Å². The van der Waals surface area contributed by atoms with Gasteiger partial charge in [-0.1, -0.05) is 6.07 Å². The van der Waals surface area contributed by atoms with Crippen molar-refractivity contribution in [3.8, 4) is 0 Å². The number of hydrogen-bond donors (Lipinski definition) is 1. The number of aryl methyl sites for hydroxylation is 1. The van der Waals surface area contributed by atoms with Gasteiger partial charge in [-0.3, -0.25) is 9.59 Å². The quantitative estimate of drug-likeness (QED) is 0.646. The van der Waals surface area contributed by atoms with E-state index >= 15 is 0 Å². The largest absolute Gasteiger partial charge is 0.320 e. The van der Waals surface area contributed by atoms with Gasteiger partial charge in [0.05, 0.1) is 11.3 Å². The highest BCUT2D eigenvalue weighted by Gasteiger charge is 2.36. The first-order chi connectivity index (χ1) is 8.57. The first-order valence-corrected chi connectivity index (χ1v) is 6.19. The van der Waals surface area contributed by atoms with Crippen molar-refractivity contribution in [3.63, 3.8) is 0 Å². The lowest BCUT2D eigenvalue weighted by atomic mass is 10.0. The Morgan fingerprint density at radius 2 is 1.94 bits per heavy atom. The molecule has 1 aliphatic rings. The van der Waals surface area contributed by atoms with E-state index in [4.69, 9.17) is 0 Å². The molecule has 2 rings (SSSR count). The molecule has 4 heteroatoms. The summed E-state index contributed by atoms with van der Waals surface area (Å²) in [6, 6.07) is 3.66. The number of carbonyl (C=O) groups excluding carboxylic acids is 2. The minimum Gasteiger partial charge on any atom is -0.320 e. The molecule has 0 fully saturated rings. The van der Waals surface area contributed by atoms with Crippen molar-refractivity contribution in [2.24, 2.45) is 0 Å². The average Bonchev–Trinajstić information content (AvgIpc) is 2.60. The molecule has 96 valence electrons. The fourth-order valence-electron chi connectivity index (χ4n) is 2.30. The predicted molar refractivity (Wildman–Crippen MR) is 71.1 cm³/mol. The molecular formula is C14H18N2O2. The molecule has 4 nitrogen and oxygen atoms in total. The Morgan fingerprint density at radius 1 is 1.22 bits per heavy atom. The number of rotatable bonds is 4. The van der Waals surface area contributed by atoms with Crippen molar-refractivity contribution >= 4 is 17.4 Å². The molecule has 1 aromatic rings. The van der Waals surface area contributed by atoms with E-state index in [0.717, 1.165) is 29.8 Å². The summed E-state index contributed by atoms with van der Waals surface area (Å²) in [5, 5.41) is 3.04. The highest BCUT2D eigenvalue weighted by Crippen LogP contribution is 2.33. The number of benzene rings is 1. The van der Waals surface area contributed by atoms with Gasteiger partial charge < -0.3 is 10.2 Å². The van der Waals surface area contributed by atoms with Gasteiger partial charge in [-0.2, -0.15) is 0 Å². The van der Waals surface area contributed by atoms with Gasteiger partial charge in [0.2, 0.25) is 0 Å². The SMILES string of the molecule is CNCCCN1C(=O)C(=O)c2ccc(C)c(C)c21. The fraction of sp³-hybridized carbons (Fsp3) is 0.429. The van der Waals surface area contributed by atoms with E-state index in [9.17, 15) is 9.59 Å². The third kappa shape index (κ3) is 1.93. The van der Waals surface area contributed by atoms with Crippen LogP contribution in [0.25, 0.3) is 0 Å². The van der Waals surface area contributed by atoms with Gasteiger partial charge in [0, 0.05) is 6.54 Å². The lowest BCUT2D eigenvalue weighted by Crippen LogP contribution is -2.32. The smallest absolute Gasteiger partial charge is 0.299 e. The predicted octanol–water partition coefficient (Wildman–Crippen LogP) is 1.44. The first-order valence-electron chi connectivity index (χ1n) is 6.19. The second-order valence-electron chi connectivity index (χ2n) is 4.65. The number of nitrogens with one attached hydrogen (secondary N) is 1. The third-order valence-electron chi connectivity index (χ3n) is 3.46. The second kappa shape index (κ2) is 4.90. The molecule has 0 saturated heterocycles. The Morgan fingerprint density at radius 3 is 2.61 bits per heavy atom. The Bertz CT molecular complexity index is 509. The Balaban J connectivity index is 2.37. The zero-order valence-electron chi connectivity index (χ0n) is 11.0. The standard InChI is InChI=1S/C14H18N2O2/c1-9-5-6-11-12(10(9)2)16(8-4-7-15-3)14(18)13(11)17/h5-6,15H,4,7-8H2,1-3H3. The molecule has 0 spiro atoms. The van der Waals surface area contributed by atoms with Crippen molar-refractivity contribution in [3.05, 3.63) is 28.8 Å². The summed E-state index contributed by atoms with van der Waals surface area (Å²) >= 11 is 0. The number of anilines is 1. The summed E-state index contributed by atoms with van der Waals surface area (Å²) in [5.74, 6) is -0.771. The molecule has 18 heavy (non-hydrogen) atoms. The fourth-order valence-corrected chi connectivity index (χ4v) is 2.30. The van der Waals surface area contributed by atoms with Crippen molar-refractivity contribution < 1.29 is 9.59 Å². The summed E-state index contributed by atoms with van der Waals surface area (Å²) in [5.41, 5.74) is 3.49. The summed E-state index contributed by atoms with van der Waals surface area (Å²) in [7, 11) is 1.88. The number of hydrogen-bond acceptors (Lipinski definition) is 3. The normalized spacial score (nSPS) is 14.3. The van der Waals surface area contributed by atoms with Crippen LogP contribution in [0.1, 0.15) is 27.9 Å². The van der Waals surface area contributed by atoms with Gasteiger partial charge in [0.25, 0.3) is 11.7 Å². The van der Waals surface area contributed by atoms with E-state index in [1.807, 2.05) is 27.0 Å². The minimum absolute atomic E-state index is 0.377. The maximum atomic E-state index is 12.0. The van der Waals surface area contributed by atoms with E-state index in [2.05, 4.69) is 5.32 Å². The van der Waals surface area contributed by atoms with Crippen LogP contribution >= 0.6 is 0 Å². The maximum Gasteiger partial charge on any atom is 0.299 e. The Labute approximate surface area is 107 Å². The molecule has 0 aliphatic carbocycles. The van der Waals surface area contributed by atoms with Gasteiger partial charge in [-0.05, 0) is 51.1 Å². The van der Waals surface area contributed by atoms with Crippen LogP contribution in [-0.2, 0) is 4.79 Å². The van der Waals surface area contributed by atoms with Crippen molar-refractivity contribution in [1.82, 2.24) is 5.32 Å². The van der Waals surface area contributed by atoms with E-state index < -0.39 is 5.91 Å². The molecule has 1 heterocycles. The number of carbonyl (C=O) groups is 2. The van der Waals surface area contributed by atoms with Crippen LogP contribution in [0, 0.1) is 13.8 Å². The summed E-state index contributed by atoms with van der Waals surface area (Å²) in [6.45, 7) is 5.38. The number of Topliss-reactive ketones (excluding diaryl/α,β-unsaturated/α-hetero) is 1. The van der Waals surface area contributed by atoms with E-state index in [-0.39, 0.29) is 5.78 Å². The molecule has 1 aliphatic heterocycles. The van der Waals surface area contributed by atoms with Crippen LogP contribution < -0.4 is 10.2 Å². The summed E-state index contributed by atoms with van der Waals surface area (Å²) < 4.78 is 0. The first kappa shape index (κ1) is 12.8. The lowest BCUT2D eigenvalue weighted by molar-refractivity contribution is -0.114. The maximum absolute atomic E-state index is 12.0. The van der Waals surface area contributed by atoms with Crippen LogP contribution in [0.2, 0.25) is 0 Å². The van der Waals surface area contributed by atoms with Crippen LogP contribution in [-0.4, -0.2) is 31.8 Å². The molecule has 0 unspecified atom stereocenters. The van der Waals surface area contributed by atoms with Gasteiger partial charge >= 0.3 is 0 Å². The van der Waals surface area contributed by atoms with Crippen molar-refractivity contribution in [2.45, 2.75) is 20.3 Å². The van der Waals surface area contributed by atoms with Crippen LogP contribution in [0.5, 0.6) is 0 Å². The molecule has 0 aromatic heterocycles. The van der Waals surface area contributed by atoms with E-state index in [0.29, 0.717) is 12.1 Å². The average molecular weight is 246 g/mol. The van der Waals surface area contributed by atoms with Crippen molar-refractivity contribution in [2.75, 3.05) is 25.0 Å². The Kier molecular flexibility index (Phi) is 3.48. The lowest BCUT2D eigenvalue weighted by Gasteiger charge is -2.19. The van der Waals surface area contributed by atoms with Crippen LogP contribution in [0.15, 0.2) is 12.1 Å². The minimum atomic E-state index is -0.394. The zero-order valence-corrected chi connectivity index (χ0v) is 11.0. The number of amides is 1. The second-order valence-corrected chi connectivity index (χ2v) is 4.65. The molecule has 0 radical (unpaired) electrons. The molecule has 0 saturated carbocycles. The highest BCUT2D eigenvalue weighted by molar-refractivity contribution is 6.52. The van der Waals surface area contributed by atoms with Gasteiger partial charge in [-0.15, -0.1) is 0 Å². The van der Waals surface area contributed by atoms with Crippen molar-refractivity contribution in [1.29, 1.82) is 0 Å². The van der Waals surface area contributed by atoms with Gasteiger partial charge in [0.1, 0.15) is 0 Å². The highest BCUT2D eigenvalue weighted by atomic mass is 16.2. The van der Waals surface area contributed by atoms with Crippen LogP contribution in [0.4, 0.5) is 5.69 Å². The molecular weight excluding hydrogens is 228 g/mol. The van der Waals surface area contributed by atoms with Gasteiger partial charge in [-0.25, -0.2) is 0 Å². The summed E-state index contributed by atoms with van der Waals surface area (Å²) in [6.07, 6.45) is 0.836. The molecule has 0 bridgehead atoms. The summed E-state index contributed by atoms with van der Waals surface area (Å²) in [4.78, 5) is 25.5. The molecule has 1 N–H and O–H groups in total.